The highest BCUT2D eigenvalue weighted by molar-refractivity contribution is 7.89. The number of piperazine rings is 1. The van der Waals surface area contributed by atoms with Crippen LogP contribution in [-0.4, -0.2) is 82.4 Å². The predicted octanol–water partition coefficient (Wildman–Crippen LogP) is -0.668. The number of nitrogens with one attached hydrogen (secondary N) is 1. The smallest absolute Gasteiger partial charge is 0.215 e. The summed E-state index contributed by atoms with van der Waals surface area (Å²) in [7, 11) is -1.48. The third-order valence-corrected chi connectivity index (χ3v) is 5.76. The zero-order valence-electron chi connectivity index (χ0n) is 11.7. The van der Waals surface area contributed by atoms with E-state index in [9.17, 15) is 8.42 Å². The van der Waals surface area contributed by atoms with Crippen LogP contribution < -0.4 is 5.32 Å². The van der Waals surface area contributed by atoms with Crippen LogP contribution in [0.25, 0.3) is 0 Å². The number of piperidine rings is 1. The van der Waals surface area contributed by atoms with Crippen molar-refractivity contribution in [3.8, 4) is 0 Å². The minimum Gasteiger partial charge on any atom is -0.380 e. The van der Waals surface area contributed by atoms with Gasteiger partial charge in [0, 0.05) is 52.9 Å². The monoisotopic (exact) mass is 291 g/mol. The van der Waals surface area contributed by atoms with Crippen LogP contribution in [0.2, 0.25) is 0 Å². The van der Waals surface area contributed by atoms with Crippen molar-refractivity contribution >= 4 is 10.0 Å². The van der Waals surface area contributed by atoms with Crippen molar-refractivity contribution in [2.45, 2.75) is 18.9 Å². The maximum Gasteiger partial charge on any atom is 0.215 e. The molecule has 2 aliphatic heterocycles. The standard InChI is InChI=1S/C12H25N3O3S/c1-18-12-3-2-6-15(11-12)19(16,17)10-9-14-7-4-13-5-8-14/h12-13H,2-11H2,1H3. The Morgan fingerprint density at radius 3 is 2.68 bits per heavy atom. The Hall–Kier alpha value is -0.210. The van der Waals surface area contributed by atoms with Crippen LogP contribution in [0.3, 0.4) is 0 Å². The molecule has 0 amide bonds. The molecule has 2 aliphatic rings. The summed E-state index contributed by atoms with van der Waals surface area (Å²) in [5, 5.41) is 3.27. The Bertz CT molecular complexity index is 368. The molecule has 2 rings (SSSR count). The first-order valence-electron chi connectivity index (χ1n) is 7.05. The van der Waals surface area contributed by atoms with Crippen molar-refractivity contribution in [2.24, 2.45) is 0 Å². The minimum atomic E-state index is -3.13. The number of methoxy groups -OCH3 is 1. The molecule has 1 N–H and O–H groups in total. The van der Waals surface area contributed by atoms with Crippen molar-refractivity contribution in [2.75, 3.05) is 58.7 Å². The molecule has 0 saturated carbocycles. The lowest BCUT2D eigenvalue weighted by atomic mass is 10.1. The molecular formula is C12H25N3O3S. The molecule has 112 valence electrons. The molecule has 2 heterocycles. The lowest BCUT2D eigenvalue weighted by Gasteiger charge is -2.32. The van der Waals surface area contributed by atoms with E-state index in [0.717, 1.165) is 39.0 Å². The summed E-state index contributed by atoms with van der Waals surface area (Å²) in [5.74, 6) is 0.226. The first kappa shape index (κ1) is 15.2. The average Bonchev–Trinajstić information content (AvgIpc) is 2.46. The summed E-state index contributed by atoms with van der Waals surface area (Å²) in [6.45, 7) is 5.58. The van der Waals surface area contributed by atoms with Crippen LogP contribution in [-0.2, 0) is 14.8 Å². The SMILES string of the molecule is COC1CCCN(S(=O)(=O)CCN2CCNCC2)C1. The van der Waals surface area contributed by atoms with E-state index >= 15 is 0 Å². The van der Waals surface area contributed by atoms with E-state index in [1.165, 1.54) is 0 Å². The molecule has 2 saturated heterocycles. The van der Waals surface area contributed by atoms with E-state index in [0.29, 0.717) is 19.6 Å². The van der Waals surface area contributed by atoms with E-state index in [2.05, 4.69) is 10.2 Å². The number of rotatable bonds is 5. The Kier molecular flexibility index (Phi) is 5.58. The van der Waals surface area contributed by atoms with Crippen LogP contribution in [0.5, 0.6) is 0 Å². The van der Waals surface area contributed by atoms with Gasteiger partial charge in [-0.25, -0.2) is 8.42 Å². The molecule has 2 fully saturated rings. The molecule has 0 spiro atoms. The van der Waals surface area contributed by atoms with Gasteiger partial charge in [-0.2, -0.15) is 4.31 Å². The minimum absolute atomic E-state index is 0.0581. The summed E-state index contributed by atoms with van der Waals surface area (Å²) in [5.41, 5.74) is 0. The van der Waals surface area contributed by atoms with Gasteiger partial charge in [-0.1, -0.05) is 0 Å². The summed E-state index contributed by atoms with van der Waals surface area (Å²) in [4.78, 5) is 2.21. The first-order valence-corrected chi connectivity index (χ1v) is 8.66. The maximum atomic E-state index is 12.3. The largest absolute Gasteiger partial charge is 0.380 e. The average molecular weight is 291 g/mol. The lowest BCUT2D eigenvalue weighted by molar-refractivity contribution is 0.0571. The van der Waals surface area contributed by atoms with Crippen LogP contribution in [0.15, 0.2) is 0 Å². The van der Waals surface area contributed by atoms with E-state index < -0.39 is 10.0 Å². The van der Waals surface area contributed by atoms with Gasteiger partial charge in [-0.05, 0) is 12.8 Å². The lowest BCUT2D eigenvalue weighted by Crippen LogP contribution is -2.48. The number of nitrogens with zero attached hydrogens (tertiary/aromatic N) is 2. The van der Waals surface area contributed by atoms with Gasteiger partial charge in [0.1, 0.15) is 0 Å². The Morgan fingerprint density at radius 1 is 1.26 bits per heavy atom. The molecule has 0 aromatic carbocycles. The van der Waals surface area contributed by atoms with E-state index in [-0.39, 0.29) is 11.9 Å². The molecule has 0 aromatic rings. The van der Waals surface area contributed by atoms with Crippen LogP contribution in [0, 0.1) is 0 Å². The molecular weight excluding hydrogens is 266 g/mol. The van der Waals surface area contributed by atoms with Gasteiger partial charge >= 0.3 is 0 Å². The van der Waals surface area contributed by atoms with Crippen molar-refractivity contribution in [3.63, 3.8) is 0 Å². The molecule has 6 nitrogen and oxygen atoms in total. The van der Waals surface area contributed by atoms with Crippen molar-refractivity contribution in [1.82, 2.24) is 14.5 Å². The molecule has 0 radical (unpaired) electrons. The van der Waals surface area contributed by atoms with Gasteiger partial charge in [0.15, 0.2) is 0 Å². The molecule has 0 bridgehead atoms. The molecule has 7 heteroatoms. The highest BCUT2D eigenvalue weighted by Crippen LogP contribution is 2.16. The summed E-state index contributed by atoms with van der Waals surface area (Å²) in [6, 6.07) is 0. The highest BCUT2D eigenvalue weighted by atomic mass is 32.2. The predicted molar refractivity (Wildman–Crippen MR) is 74.7 cm³/mol. The second-order valence-electron chi connectivity index (χ2n) is 5.27. The number of hydrogen-bond acceptors (Lipinski definition) is 5. The van der Waals surface area contributed by atoms with Crippen LogP contribution in [0.1, 0.15) is 12.8 Å². The van der Waals surface area contributed by atoms with Crippen molar-refractivity contribution < 1.29 is 13.2 Å². The van der Waals surface area contributed by atoms with Gasteiger partial charge in [0.2, 0.25) is 10.0 Å². The number of sulfonamides is 1. The van der Waals surface area contributed by atoms with Gasteiger partial charge in [-0.3, -0.25) is 4.90 Å². The van der Waals surface area contributed by atoms with Gasteiger partial charge in [-0.15, -0.1) is 0 Å². The van der Waals surface area contributed by atoms with E-state index in [1.54, 1.807) is 11.4 Å². The quantitative estimate of drug-likeness (QED) is 0.728. The fraction of sp³-hybridized carbons (Fsp3) is 1.00. The summed E-state index contributed by atoms with van der Waals surface area (Å²) >= 11 is 0. The number of hydrogen-bond donors (Lipinski definition) is 1. The van der Waals surface area contributed by atoms with Crippen molar-refractivity contribution in [3.05, 3.63) is 0 Å². The summed E-state index contributed by atoms with van der Waals surface area (Å²) in [6.07, 6.45) is 1.91. The highest BCUT2D eigenvalue weighted by Gasteiger charge is 2.29. The van der Waals surface area contributed by atoms with Crippen LogP contribution in [0.4, 0.5) is 0 Å². The van der Waals surface area contributed by atoms with Gasteiger partial charge < -0.3 is 10.1 Å². The second kappa shape index (κ2) is 6.99. The van der Waals surface area contributed by atoms with Gasteiger partial charge in [0.25, 0.3) is 0 Å². The third-order valence-electron chi connectivity index (χ3n) is 3.94. The Balaban J connectivity index is 1.83. The van der Waals surface area contributed by atoms with E-state index in [4.69, 9.17) is 4.74 Å². The Labute approximate surface area is 116 Å². The molecule has 1 atom stereocenters. The van der Waals surface area contributed by atoms with Gasteiger partial charge in [0.05, 0.1) is 11.9 Å². The number of ether oxygens (including phenoxy) is 1. The second-order valence-corrected chi connectivity index (χ2v) is 7.35. The molecule has 19 heavy (non-hydrogen) atoms. The zero-order chi connectivity index (χ0) is 13.7. The molecule has 1 unspecified atom stereocenters. The third kappa shape index (κ3) is 4.39. The van der Waals surface area contributed by atoms with Crippen molar-refractivity contribution in [1.29, 1.82) is 0 Å². The fourth-order valence-electron chi connectivity index (χ4n) is 2.66. The van der Waals surface area contributed by atoms with Crippen LogP contribution >= 0.6 is 0 Å². The summed E-state index contributed by atoms with van der Waals surface area (Å²) < 4.78 is 31.5. The van der Waals surface area contributed by atoms with E-state index in [1.807, 2.05) is 0 Å². The topological polar surface area (TPSA) is 61.9 Å². The maximum absolute atomic E-state index is 12.3. The fourth-order valence-corrected chi connectivity index (χ4v) is 4.21. The molecule has 0 aromatic heterocycles. The zero-order valence-corrected chi connectivity index (χ0v) is 12.5. The first-order chi connectivity index (χ1) is 9.12. The normalized spacial score (nSPS) is 27.5. The Morgan fingerprint density at radius 2 is 2.00 bits per heavy atom. The molecule has 0 aliphatic carbocycles.